The fourth-order valence-electron chi connectivity index (χ4n) is 2.35. The molecule has 1 amide bonds. The Balaban J connectivity index is 1.75. The molecule has 2 N–H and O–H groups in total. The van der Waals surface area contributed by atoms with E-state index in [2.05, 4.69) is 15.6 Å². The summed E-state index contributed by atoms with van der Waals surface area (Å²) < 4.78 is 26.2. The molecule has 0 unspecified atom stereocenters. The number of carbonyl (C=O) groups excluding carboxylic acids is 1. The van der Waals surface area contributed by atoms with Crippen LogP contribution in [-0.4, -0.2) is 16.9 Å². The number of hydrogen-bond donors (Lipinski definition) is 2. The molecule has 1 heterocycles. The molecular weight excluding hydrogens is 312 g/mol. The van der Waals surface area contributed by atoms with Gasteiger partial charge in [0.1, 0.15) is 6.04 Å². The van der Waals surface area contributed by atoms with E-state index in [9.17, 15) is 13.6 Å². The van der Waals surface area contributed by atoms with Gasteiger partial charge in [0.15, 0.2) is 11.6 Å². The molecule has 0 fully saturated rings. The van der Waals surface area contributed by atoms with Crippen molar-refractivity contribution in [2.24, 2.45) is 0 Å². The second-order valence-corrected chi connectivity index (χ2v) is 5.36. The monoisotopic (exact) mass is 327 g/mol. The van der Waals surface area contributed by atoms with Gasteiger partial charge in [0.2, 0.25) is 5.91 Å². The van der Waals surface area contributed by atoms with E-state index >= 15 is 0 Å². The molecule has 3 aromatic rings. The lowest BCUT2D eigenvalue weighted by atomic mass is 10.1. The number of nitrogens with zero attached hydrogens (tertiary/aromatic N) is 1. The van der Waals surface area contributed by atoms with E-state index in [4.69, 9.17) is 0 Å². The number of carbonyl (C=O) groups is 1. The third kappa shape index (κ3) is 3.32. The molecule has 24 heavy (non-hydrogen) atoms. The van der Waals surface area contributed by atoms with Crippen LogP contribution >= 0.6 is 0 Å². The molecule has 4 nitrogen and oxygen atoms in total. The smallest absolute Gasteiger partial charge is 0.246 e. The average molecular weight is 327 g/mol. The van der Waals surface area contributed by atoms with E-state index in [0.717, 1.165) is 23.0 Å². The van der Waals surface area contributed by atoms with Crippen molar-refractivity contribution < 1.29 is 13.6 Å². The van der Waals surface area contributed by atoms with E-state index in [0.29, 0.717) is 11.4 Å². The Hall–Kier alpha value is -3.02. The minimum Gasteiger partial charge on any atom is -0.374 e. The molecular formula is C18H15F2N3O. The number of fused-ring (bicyclic) bond motifs is 1. The van der Waals surface area contributed by atoms with Crippen LogP contribution in [-0.2, 0) is 4.79 Å². The number of pyridine rings is 1. The van der Waals surface area contributed by atoms with Gasteiger partial charge in [-0.2, -0.15) is 0 Å². The molecule has 2 aromatic carbocycles. The lowest BCUT2D eigenvalue weighted by Gasteiger charge is -2.16. The van der Waals surface area contributed by atoms with Gasteiger partial charge in [-0.3, -0.25) is 9.78 Å². The molecule has 0 aliphatic rings. The molecule has 3 rings (SSSR count). The zero-order valence-electron chi connectivity index (χ0n) is 12.9. The highest BCUT2D eigenvalue weighted by atomic mass is 19.2. The van der Waals surface area contributed by atoms with Gasteiger partial charge in [-0.25, -0.2) is 8.78 Å². The second kappa shape index (κ2) is 6.62. The maximum Gasteiger partial charge on any atom is 0.246 e. The minimum absolute atomic E-state index is 0.295. The summed E-state index contributed by atoms with van der Waals surface area (Å²) in [5.74, 6) is -2.19. The largest absolute Gasteiger partial charge is 0.374 e. The van der Waals surface area contributed by atoms with Gasteiger partial charge in [-0.15, -0.1) is 0 Å². The fraction of sp³-hybridized carbons (Fsp3) is 0.111. The Kier molecular flexibility index (Phi) is 4.37. The third-order valence-electron chi connectivity index (χ3n) is 3.60. The maximum absolute atomic E-state index is 13.2. The lowest BCUT2D eigenvalue weighted by molar-refractivity contribution is -0.116. The zero-order valence-corrected chi connectivity index (χ0v) is 12.9. The van der Waals surface area contributed by atoms with Gasteiger partial charge in [0.05, 0.1) is 11.2 Å². The van der Waals surface area contributed by atoms with Gasteiger partial charge < -0.3 is 10.6 Å². The summed E-state index contributed by atoms with van der Waals surface area (Å²) in [4.78, 5) is 16.6. The van der Waals surface area contributed by atoms with Crippen molar-refractivity contribution in [2.45, 2.75) is 13.0 Å². The molecule has 0 aliphatic heterocycles. The van der Waals surface area contributed by atoms with Crippen molar-refractivity contribution in [3.63, 3.8) is 0 Å². The van der Waals surface area contributed by atoms with E-state index in [1.165, 1.54) is 6.07 Å². The van der Waals surface area contributed by atoms with Gasteiger partial charge in [-0.1, -0.05) is 6.07 Å². The van der Waals surface area contributed by atoms with Crippen LogP contribution in [0.15, 0.2) is 54.7 Å². The van der Waals surface area contributed by atoms with Crippen LogP contribution in [0.3, 0.4) is 0 Å². The summed E-state index contributed by atoms with van der Waals surface area (Å²) in [5, 5.41) is 6.49. The molecule has 0 saturated carbocycles. The topological polar surface area (TPSA) is 54.0 Å². The van der Waals surface area contributed by atoms with Crippen LogP contribution in [0.1, 0.15) is 6.92 Å². The molecule has 0 bridgehead atoms. The molecule has 1 aromatic heterocycles. The highest BCUT2D eigenvalue weighted by Crippen LogP contribution is 2.22. The van der Waals surface area contributed by atoms with Crippen LogP contribution < -0.4 is 10.6 Å². The number of halogens is 2. The molecule has 0 aliphatic carbocycles. The van der Waals surface area contributed by atoms with E-state index in [1.807, 2.05) is 12.1 Å². The van der Waals surface area contributed by atoms with Crippen LogP contribution in [0, 0.1) is 11.6 Å². The first-order chi connectivity index (χ1) is 11.5. The van der Waals surface area contributed by atoms with Gasteiger partial charge in [0.25, 0.3) is 0 Å². The molecule has 0 radical (unpaired) electrons. The number of amides is 1. The highest BCUT2D eigenvalue weighted by Gasteiger charge is 2.15. The highest BCUT2D eigenvalue weighted by molar-refractivity contribution is 6.03. The Morgan fingerprint density at radius 2 is 1.92 bits per heavy atom. The summed E-state index contributed by atoms with van der Waals surface area (Å²) in [6, 6.07) is 11.9. The Bertz CT molecular complexity index is 893. The van der Waals surface area contributed by atoms with E-state index in [1.54, 1.807) is 31.3 Å². The summed E-state index contributed by atoms with van der Waals surface area (Å²) in [7, 11) is 0. The Morgan fingerprint density at radius 3 is 2.71 bits per heavy atom. The van der Waals surface area contributed by atoms with Crippen molar-refractivity contribution in [2.75, 3.05) is 10.6 Å². The Morgan fingerprint density at radius 1 is 1.08 bits per heavy atom. The fourth-order valence-corrected chi connectivity index (χ4v) is 2.35. The first kappa shape index (κ1) is 15.9. The maximum atomic E-state index is 13.2. The number of hydrogen-bond acceptors (Lipinski definition) is 3. The first-order valence-electron chi connectivity index (χ1n) is 7.41. The molecule has 0 saturated heterocycles. The average Bonchev–Trinajstić information content (AvgIpc) is 2.58. The predicted molar refractivity (Wildman–Crippen MR) is 89.8 cm³/mol. The SMILES string of the molecule is C[C@@H](Nc1ccc(F)c(F)c1)C(=O)Nc1cccc2ncccc12. The van der Waals surface area contributed by atoms with Crippen molar-refractivity contribution in [1.29, 1.82) is 0 Å². The number of anilines is 2. The number of benzene rings is 2. The molecule has 0 spiro atoms. The quantitative estimate of drug-likeness (QED) is 0.763. The summed E-state index contributed by atoms with van der Waals surface area (Å²) in [6.07, 6.45) is 1.68. The first-order valence-corrected chi connectivity index (χ1v) is 7.41. The lowest BCUT2D eigenvalue weighted by Crippen LogP contribution is -2.32. The van der Waals surface area contributed by atoms with Gasteiger partial charge in [-0.05, 0) is 43.3 Å². The molecule has 1 atom stereocenters. The minimum atomic E-state index is -0.965. The number of aromatic nitrogens is 1. The van der Waals surface area contributed by atoms with Crippen LogP contribution in [0.2, 0.25) is 0 Å². The molecule has 6 heteroatoms. The van der Waals surface area contributed by atoms with Crippen LogP contribution in [0.4, 0.5) is 20.2 Å². The predicted octanol–water partition coefficient (Wildman–Crippen LogP) is 3.95. The van der Waals surface area contributed by atoms with Crippen LogP contribution in [0.5, 0.6) is 0 Å². The van der Waals surface area contributed by atoms with Crippen molar-refractivity contribution in [1.82, 2.24) is 4.98 Å². The van der Waals surface area contributed by atoms with E-state index in [-0.39, 0.29) is 5.91 Å². The number of nitrogens with one attached hydrogen (secondary N) is 2. The van der Waals surface area contributed by atoms with Gasteiger partial charge in [0, 0.05) is 23.3 Å². The van der Waals surface area contributed by atoms with Crippen molar-refractivity contribution in [3.05, 3.63) is 66.4 Å². The van der Waals surface area contributed by atoms with Crippen LogP contribution in [0.25, 0.3) is 10.9 Å². The number of rotatable bonds is 4. The second-order valence-electron chi connectivity index (χ2n) is 5.36. The van der Waals surface area contributed by atoms with Crippen molar-refractivity contribution >= 4 is 28.2 Å². The summed E-state index contributed by atoms with van der Waals surface area (Å²) >= 11 is 0. The normalized spacial score (nSPS) is 12.0. The van der Waals surface area contributed by atoms with E-state index < -0.39 is 17.7 Å². The standard InChI is InChI=1S/C18H15F2N3O/c1-11(22-12-7-8-14(19)15(20)10-12)18(24)23-17-6-2-5-16-13(17)4-3-9-21-16/h2-11,22H,1H3,(H,23,24)/t11-/m1/s1. The zero-order chi connectivity index (χ0) is 17.1. The van der Waals surface area contributed by atoms with Gasteiger partial charge >= 0.3 is 0 Å². The van der Waals surface area contributed by atoms with Crippen molar-refractivity contribution in [3.8, 4) is 0 Å². The Labute approximate surface area is 137 Å². The summed E-state index contributed by atoms with van der Waals surface area (Å²) in [5.41, 5.74) is 1.75. The molecule has 122 valence electrons. The summed E-state index contributed by atoms with van der Waals surface area (Å²) in [6.45, 7) is 1.64. The third-order valence-corrected chi connectivity index (χ3v) is 3.60.